The van der Waals surface area contributed by atoms with Gasteiger partial charge in [-0.2, -0.15) is 0 Å². The van der Waals surface area contributed by atoms with Crippen molar-refractivity contribution in [1.29, 1.82) is 0 Å². The Balaban J connectivity index is 2.00. The summed E-state index contributed by atoms with van der Waals surface area (Å²) in [5.74, 6) is -0.609. The van der Waals surface area contributed by atoms with Crippen LogP contribution in [-0.2, 0) is 16.0 Å². The third-order valence-corrected chi connectivity index (χ3v) is 5.21. The van der Waals surface area contributed by atoms with Gasteiger partial charge in [0.05, 0.1) is 10.5 Å². The van der Waals surface area contributed by atoms with Crippen molar-refractivity contribution in [2.75, 3.05) is 14.1 Å². The van der Waals surface area contributed by atoms with Crippen LogP contribution in [0, 0.1) is 10.1 Å². The Bertz CT molecular complexity index is 971. The zero-order valence-corrected chi connectivity index (χ0v) is 16.0. The van der Waals surface area contributed by atoms with Crippen LogP contribution >= 0.6 is 0 Å². The molecule has 144 valence electrons. The number of carbonyl (C=O) groups excluding carboxylic acids is 2. The molecule has 1 aliphatic rings. The van der Waals surface area contributed by atoms with Gasteiger partial charge < -0.3 is 9.80 Å². The summed E-state index contributed by atoms with van der Waals surface area (Å²) in [5, 5.41) is 11.3. The molecule has 1 atom stereocenters. The molecule has 2 amide bonds. The third-order valence-electron chi connectivity index (χ3n) is 5.21. The zero-order valence-electron chi connectivity index (χ0n) is 16.0. The van der Waals surface area contributed by atoms with Gasteiger partial charge >= 0.3 is 0 Å². The highest BCUT2D eigenvalue weighted by molar-refractivity contribution is 6.09. The molecule has 1 saturated heterocycles. The summed E-state index contributed by atoms with van der Waals surface area (Å²) in [7, 11) is 3.11. The molecule has 1 fully saturated rings. The average molecular weight is 379 g/mol. The Labute approximate surface area is 163 Å². The molecule has 0 aliphatic carbocycles. The van der Waals surface area contributed by atoms with Crippen LogP contribution in [0.1, 0.15) is 18.1 Å². The highest BCUT2D eigenvalue weighted by atomic mass is 16.6. The molecule has 0 N–H and O–H groups in total. The zero-order chi connectivity index (χ0) is 20.5. The molecule has 0 bridgehead atoms. The lowest BCUT2D eigenvalue weighted by Crippen LogP contribution is -2.64. The fraction of sp³-hybridized carbons (Fsp3) is 0.238. The SMILES string of the molecule is CN1C(=O)C(C)(Cc2ccccc2)N(C)C(=O)/C1=C\c1ccccc1[N+](=O)[O-]. The van der Waals surface area contributed by atoms with E-state index in [9.17, 15) is 19.7 Å². The third kappa shape index (κ3) is 3.26. The van der Waals surface area contributed by atoms with E-state index in [-0.39, 0.29) is 28.8 Å². The molecular formula is C21H21N3O4. The smallest absolute Gasteiger partial charge is 0.276 e. The minimum Gasteiger partial charge on any atom is -0.326 e. The fourth-order valence-electron chi connectivity index (χ4n) is 3.42. The number of rotatable bonds is 4. The van der Waals surface area contributed by atoms with Gasteiger partial charge in [0.25, 0.3) is 17.5 Å². The summed E-state index contributed by atoms with van der Waals surface area (Å²) >= 11 is 0. The van der Waals surface area contributed by atoms with Gasteiger partial charge in [-0.05, 0) is 24.6 Å². The van der Waals surface area contributed by atoms with Gasteiger partial charge in [-0.15, -0.1) is 0 Å². The molecule has 28 heavy (non-hydrogen) atoms. The Morgan fingerprint density at radius 2 is 1.64 bits per heavy atom. The molecule has 2 aromatic carbocycles. The van der Waals surface area contributed by atoms with Crippen molar-refractivity contribution in [2.24, 2.45) is 0 Å². The van der Waals surface area contributed by atoms with E-state index in [1.807, 2.05) is 30.3 Å². The molecule has 7 nitrogen and oxygen atoms in total. The second-order valence-electron chi connectivity index (χ2n) is 7.01. The predicted octanol–water partition coefficient (Wildman–Crippen LogP) is 2.87. The number of hydrogen-bond acceptors (Lipinski definition) is 4. The Hall–Kier alpha value is -3.48. The van der Waals surface area contributed by atoms with Gasteiger partial charge in [0, 0.05) is 26.6 Å². The maximum Gasteiger partial charge on any atom is 0.276 e. The van der Waals surface area contributed by atoms with Crippen LogP contribution in [0.15, 0.2) is 60.3 Å². The largest absolute Gasteiger partial charge is 0.326 e. The standard InChI is InChI=1S/C21H21N3O4/c1-21(14-15-9-5-4-6-10-15)20(26)22(2)18(19(25)23(21)3)13-16-11-7-8-12-17(16)24(27)28/h4-13H,14H2,1-3H3/b18-13+. The second kappa shape index (κ2) is 7.26. The fourth-order valence-corrected chi connectivity index (χ4v) is 3.42. The summed E-state index contributed by atoms with van der Waals surface area (Å²) in [6.45, 7) is 1.73. The van der Waals surface area contributed by atoms with Crippen LogP contribution < -0.4 is 0 Å². The lowest BCUT2D eigenvalue weighted by molar-refractivity contribution is -0.385. The van der Waals surface area contributed by atoms with Crippen LogP contribution in [0.25, 0.3) is 6.08 Å². The van der Waals surface area contributed by atoms with Gasteiger partial charge in [0.2, 0.25) is 0 Å². The summed E-state index contributed by atoms with van der Waals surface area (Å²) in [5.41, 5.74) is 0.150. The van der Waals surface area contributed by atoms with E-state index < -0.39 is 10.5 Å². The number of amides is 2. The van der Waals surface area contributed by atoms with E-state index in [2.05, 4.69) is 0 Å². The molecular weight excluding hydrogens is 358 g/mol. The first-order valence-corrected chi connectivity index (χ1v) is 8.81. The van der Waals surface area contributed by atoms with Crippen molar-refractivity contribution < 1.29 is 14.5 Å². The van der Waals surface area contributed by atoms with Gasteiger partial charge in [0.15, 0.2) is 0 Å². The van der Waals surface area contributed by atoms with E-state index in [1.165, 1.54) is 29.0 Å². The monoisotopic (exact) mass is 379 g/mol. The molecule has 1 unspecified atom stereocenters. The van der Waals surface area contributed by atoms with Crippen LogP contribution in [-0.4, -0.2) is 46.2 Å². The van der Waals surface area contributed by atoms with Gasteiger partial charge in [-0.3, -0.25) is 19.7 Å². The highest BCUT2D eigenvalue weighted by Gasteiger charge is 2.48. The van der Waals surface area contributed by atoms with Gasteiger partial charge in [0.1, 0.15) is 11.2 Å². The maximum atomic E-state index is 13.2. The average Bonchev–Trinajstić information content (AvgIpc) is 2.69. The first-order valence-electron chi connectivity index (χ1n) is 8.81. The predicted molar refractivity (Wildman–Crippen MR) is 105 cm³/mol. The molecule has 1 aliphatic heterocycles. The Morgan fingerprint density at radius 3 is 2.29 bits per heavy atom. The molecule has 2 aromatic rings. The quantitative estimate of drug-likeness (QED) is 0.465. The highest BCUT2D eigenvalue weighted by Crippen LogP contribution is 2.32. The second-order valence-corrected chi connectivity index (χ2v) is 7.01. The van der Waals surface area contributed by atoms with Crippen molar-refractivity contribution in [3.05, 3.63) is 81.5 Å². The van der Waals surface area contributed by atoms with Crippen LogP contribution in [0.4, 0.5) is 5.69 Å². The number of benzene rings is 2. The van der Waals surface area contributed by atoms with Gasteiger partial charge in [-0.1, -0.05) is 42.5 Å². The number of nitro groups is 1. The molecule has 0 radical (unpaired) electrons. The topological polar surface area (TPSA) is 83.8 Å². The maximum absolute atomic E-state index is 13.2. The van der Waals surface area contributed by atoms with Crippen molar-refractivity contribution >= 4 is 23.6 Å². The molecule has 7 heteroatoms. The summed E-state index contributed by atoms with van der Waals surface area (Å²) in [6.07, 6.45) is 1.77. The summed E-state index contributed by atoms with van der Waals surface area (Å²) in [6, 6.07) is 15.6. The lowest BCUT2D eigenvalue weighted by Gasteiger charge is -2.45. The number of hydrogen-bond donors (Lipinski definition) is 0. The number of likely N-dealkylation sites (N-methyl/N-ethyl adjacent to an activating group) is 2. The minimum absolute atomic E-state index is 0.104. The molecule has 0 saturated carbocycles. The number of carbonyl (C=O) groups is 2. The number of piperazine rings is 1. The number of nitrogens with zero attached hydrogens (tertiary/aromatic N) is 3. The van der Waals surface area contributed by atoms with Crippen LogP contribution in [0.2, 0.25) is 0 Å². The van der Waals surface area contributed by atoms with E-state index in [0.29, 0.717) is 6.42 Å². The van der Waals surface area contributed by atoms with E-state index in [1.54, 1.807) is 32.2 Å². The molecule has 1 heterocycles. The Kier molecular flexibility index (Phi) is 5.00. The van der Waals surface area contributed by atoms with Crippen molar-refractivity contribution in [3.63, 3.8) is 0 Å². The Morgan fingerprint density at radius 1 is 1.04 bits per heavy atom. The summed E-state index contributed by atoms with van der Waals surface area (Å²) in [4.78, 5) is 39.7. The van der Waals surface area contributed by atoms with Crippen molar-refractivity contribution in [2.45, 2.75) is 18.9 Å². The first kappa shape index (κ1) is 19.3. The summed E-state index contributed by atoms with van der Waals surface area (Å²) < 4.78 is 0. The van der Waals surface area contributed by atoms with Crippen LogP contribution in [0.5, 0.6) is 0 Å². The molecule has 3 rings (SSSR count). The normalized spacial score (nSPS) is 21.3. The van der Waals surface area contributed by atoms with Crippen molar-refractivity contribution in [3.8, 4) is 0 Å². The van der Waals surface area contributed by atoms with Crippen LogP contribution in [0.3, 0.4) is 0 Å². The molecule has 0 spiro atoms. The minimum atomic E-state index is -1.05. The van der Waals surface area contributed by atoms with Gasteiger partial charge in [-0.25, -0.2) is 0 Å². The number of nitro benzene ring substituents is 1. The first-order chi connectivity index (χ1) is 13.3. The lowest BCUT2D eigenvalue weighted by atomic mass is 9.87. The molecule has 0 aromatic heterocycles. The van der Waals surface area contributed by atoms with Crippen molar-refractivity contribution in [1.82, 2.24) is 9.80 Å². The van der Waals surface area contributed by atoms with E-state index >= 15 is 0 Å². The number of para-hydroxylation sites is 1. The van der Waals surface area contributed by atoms with E-state index in [0.717, 1.165) is 5.56 Å². The van der Waals surface area contributed by atoms with E-state index in [4.69, 9.17) is 0 Å².